The van der Waals surface area contributed by atoms with Crippen molar-refractivity contribution in [2.45, 2.75) is 37.6 Å². The molecule has 1 fully saturated rings. The first-order valence-corrected chi connectivity index (χ1v) is 12.6. The molecule has 1 atom stereocenters. The summed E-state index contributed by atoms with van der Waals surface area (Å²) in [5.74, 6) is 0.474. The number of carboxylic acids is 1. The number of carboxylic acid groups (broad SMARTS) is 1. The molecule has 0 aliphatic heterocycles. The van der Waals surface area contributed by atoms with E-state index >= 15 is 0 Å². The molecule has 1 unspecified atom stereocenters. The third-order valence-corrected chi connectivity index (χ3v) is 7.71. The number of aryl methyl sites for hydroxylation is 1. The second-order valence-corrected chi connectivity index (χ2v) is 10.3. The van der Waals surface area contributed by atoms with Gasteiger partial charge in [0.2, 0.25) is 0 Å². The molecule has 172 valence electrons. The van der Waals surface area contributed by atoms with Gasteiger partial charge in [0.1, 0.15) is 5.82 Å². The number of rotatable bonds is 8. The molecular formula is C28H26N2O3S. The summed E-state index contributed by atoms with van der Waals surface area (Å²) in [6.45, 7) is 2.42. The number of carbonyl (C=O) groups is 1. The summed E-state index contributed by atoms with van der Waals surface area (Å²) in [5, 5.41) is 11.3. The molecule has 0 saturated heterocycles. The molecule has 6 heteroatoms. The Kier molecular flexibility index (Phi) is 6.16. The molecule has 1 N–H and O–H groups in total. The van der Waals surface area contributed by atoms with E-state index in [1.807, 2.05) is 37.4 Å². The molecule has 0 spiro atoms. The van der Waals surface area contributed by atoms with Crippen LogP contribution >= 0.6 is 0 Å². The fourth-order valence-corrected chi connectivity index (χ4v) is 5.44. The molecule has 0 amide bonds. The van der Waals surface area contributed by atoms with E-state index in [0.29, 0.717) is 17.3 Å². The normalized spacial score (nSPS) is 14.1. The summed E-state index contributed by atoms with van der Waals surface area (Å²) in [6, 6.07) is 22.8. The van der Waals surface area contributed by atoms with Gasteiger partial charge in [-0.15, -0.1) is 0 Å². The van der Waals surface area contributed by atoms with Gasteiger partial charge in [-0.2, -0.15) is 0 Å². The largest absolute Gasteiger partial charge is 0.478 e. The minimum atomic E-state index is -1.57. The second-order valence-electron chi connectivity index (χ2n) is 8.87. The van der Waals surface area contributed by atoms with E-state index in [1.165, 1.54) is 30.5 Å². The predicted molar refractivity (Wildman–Crippen MR) is 135 cm³/mol. The van der Waals surface area contributed by atoms with E-state index in [4.69, 9.17) is 4.98 Å². The van der Waals surface area contributed by atoms with E-state index in [0.717, 1.165) is 34.2 Å². The van der Waals surface area contributed by atoms with Crippen molar-refractivity contribution in [1.82, 2.24) is 4.98 Å². The summed E-state index contributed by atoms with van der Waals surface area (Å²) < 4.78 is 15.6. The van der Waals surface area contributed by atoms with Crippen LogP contribution in [0.1, 0.15) is 39.9 Å². The van der Waals surface area contributed by atoms with Crippen molar-refractivity contribution >= 4 is 33.5 Å². The van der Waals surface area contributed by atoms with Crippen molar-refractivity contribution in [3.05, 3.63) is 101 Å². The number of hydrogen-bond donors (Lipinski definition) is 1. The minimum Gasteiger partial charge on any atom is -0.478 e. The lowest BCUT2D eigenvalue weighted by atomic mass is 10.1. The average molecular weight is 471 g/mol. The van der Waals surface area contributed by atoms with E-state index in [2.05, 4.69) is 24.3 Å². The summed E-state index contributed by atoms with van der Waals surface area (Å²) >= 11 is 0. The zero-order chi connectivity index (χ0) is 23.7. The van der Waals surface area contributed by atoms with E-state index in [-0.39, 0.29) is 5.56 Å². The number of benzene rings is 3. The van der Waals surface area contributed by atoms with Crippen molar-refractivity contribution in [1.29, 1.82) is 0 Å². The Morgan fingerprint density at radius 1 is 1.00 bits per heavy atom. The molecule has 0 radical (unpaired) electrons. The Morgan fingerprint density at radius 2 is 1.68 bits per heavy atom. The van der Waals surface area contributed by atoms with Gasteiger partial charge < -0.3 is 5.11 Å². The SMILES string of the molecule is Cc1c(N(Cc2ccc(CC3CC3)cc2)S(=O)c2ccc(C(=O)O)cc2)ncc2ccccc12. The Labute approximate surface area is 201 Å². The first kappa shape index (κ1) is 22.3. The molecule has 3 aromatic carbocycles. The van der Waals surface area contributed by atoms with Gasteiger partial charge in [-0.05, 0) is 72.9 Å². The van der Waals surface area contributed by atoms with Gasteiger partial charge in [0.15, 0.2) is 11.0 Å². The Balaban J connectivity index is 1.51. The lowest BCUT2D eigenvalue weighted by Gasteiger charge is -2.25. The second kappa shape index (κ2) is 9.39. The molecule has 1 aliphatic rings. The number of hydrogen-bond acceptors (Lipinski definition) is 3. The monoisotopic (exact) mass is 470 g/mol. The van der Waals surface area contributed by atoms with Crippen LogP contribution in [0, 0.1) is 12.8 Å². The fourth-order valence-electron chi connectivity index (χ4n) is 4.21. The Bertz CT molecular complexity index is 1360. The summed E-state index contributed by atoms with van der Waals surface area (Å²) in [7, 11) is -1.57. The highest BCUT2D eigenvalue weighted by Crippen LogP contribution is 2.33. The number of fused-ring (bicyclic) bond motifs is 1. The Morgan fingerprint density at radius 3 is 2.35 bits per heavy atom. The lowest BCUT2D eigenvalue weighted by molar-refractivity contribution is 0.0697. The maximum Gasteiger partial charge on any atom is 0.335 e. The molecule has 1 saturated carbocycles. The van der Waals surface area contributed by atoms with Crippen molar-refractivity contribution < 1.29 is 14.1 Å². The van der Waals surface area contributed by atoms with Gasteiger partial charge in [-0.25, -0.2) is 14.0 Å². The Hall–Kier alpha value is -3.51. The lowest BCUT2D eigenvalue weighted by Crippen LogP contribution is -2.27. The van der Waals surface area contributed by atoms with Gasteiger partial charge >= 0.3 is 5.97 Å². The fraction of sp³-hybridized carbons (Fsp3) is 0.214. The number of anilines is 1. The van der Waals surface area contributed by atoms with E-state index in [9.17, 15) is 14.1 Å². The predicted octanol–water partition coefficient (Wildman–Crippen LogP) is 5.92. The van der Waals surface area contributed by atoms with Crippen molar-refractivity contribution in [3.8, 4) is 0 Å². The molecule has 0 bridgehead atoms. The van der Waals surface area contributed by atoms with Crippen LogP contribution in [0.3, 0.4) is 0 Å². The van der Waals surface area contributed by atoms with Gasteiger partial charge in [0.05, 0.1) is 17.0 Å². The van der Waals surface area contributed by atoms with Crippen molar-refractivity contribution in [2.24, 2.45) is 5.92 Å². The third-order valence-electron chi connectivity index (χ3n) is 6.34. The molecule has 1 aromatic heterocycles. The average Bonchev–Trinajstić information content (AvgIpc) is 3.68. The van der Waals surface area contributed by atoms with Crippen LogP contribution < -0.4 is 4.31 Å². The van der Waals surface area contributed by atoms with Crippen molar-refractivity contribution in [3.63, 3.8) is 0 Å². The standard InChI is InChI=1S/C28H26N2O3S/c1-19-26-5-3-2-4-24(26)17-29-27(19)30(34(33)25-14-12-23(13-15-25)28(31)32)18-22-10-8-21(9-11-22)16-20-6-7-20/h2-5,8-15,17,20H,6-7,16,18H2,1H3,(H,31,32). The summed E-state index contributed by atoms with van der Waals surface area (Å²) in [6.07, 6.45) is 5.58. The summed E-state index contributed by atoms with van der Waals surface area (Å²) in [4.78, 5) is 16.5. The zero-order valence-corrected chi connectivity index (χ0v) is 19.8. The molecule has 34 heavy (non-hydrogen) atoms. The highest BCUT2D eigenvalue weighted by molar-refractivity contribution is 7.86. The molecular weight excluding hydrogens is 444 g/mol. The van der Waals surface area contributed by atoms with Crippen LogP contribution in [-0.4, -0.2) is 20.3 Å². The van der Waals surface area contributed by atoms with Crippen LogP contribution in [-0.2, 0) is 24.0 Å². The van der Waals surface area contributed by atoms with Crippen LogP contribution in [0.5, 0.6) is 0 Å². The highest BCUT2D eigenvalue weighted by Gasteiger charge is 2.23. The van der Waals surface area contributed by atoms with Crippen LogP contribution in [0.4, 0.5) is 5.82 Å². The molecule has 1 aliphatic carbocycles. The van der Waals surface area contributed by atoms with E-state index in [1.54, 1.807) is 16.4 Å². The minimum absolute atomic E-state index is 0.165. The topological polar surface area (TPSA) is 70.5 Å². The number of pyridine rings is 1. The van der Waals surface area contributed by atoms with Gasteiger partial charge in [0, 0.05) is 17.1 Å². The number of aromatic carboxylic acids is 1. The maximum absolute atomic E-state index is 13.8. The molecule has 1 heterocycles. The smallest absolute Gasteiger partial charge is 0.335 e. The number of aromatic nitrogens is 1. The molecule has 5 rings (SSSR count). The zero-order valence-electron chi connectivity index (χ0n) is 19.0. The first-order valence-electron chi connectivity index (χ1n) is 11.4. The first-order chi connectivity index (χ1) is 16.5. The molecule has 5 nitrogen and oxygen atoms in total. The van der Waals surface area contributed by atoms with Crippen LogP contribution in [0.2, 0.25) is 0 Å². The highest BCUT2D eigenvalue weighted by atomic mass is 32.2. The summed E-state index contributed by atoms with van der Waals surface area (Å²) in [5.41, 5.74) is 3.50. The van der Waals surface area contributed by atoms with Crippen molar-refractivity contribution in [2.75, 3.05) is 4.31 Å². The number of nitrogens with zero attached hydrogens (tertiary/aromatic N) is 2. The van der Waals surface area contributed by atoms with Crippen LogP contribution in [0.25, 0.3) is 10.8 Å². The maximum atomic E-state index is 13.8. The van der Waals surface area contributed by atoms with Gasteiger partial charge in [-0.3, -0.25) is 4.31 Å². The van der Waals surface area contributed by atoms with E-state index < -0.39 is 17.0 Å². The van der Waals surface area contributed by atoms with Gasteiger partial charge in [-0.1, -0.05) is 48.5 Å². The third kappa shape index (κ3) is 4.73. The quantitative estimate of drug-likeness (QED) is 0.347. The van der Waals surface area contributed by atoms with Crippen LogP contribution in [0.15, 0.2) is 83.9 Å². The van der Waals surface area contributed by atoms with Gasteiger partial charge in [0.25, 0.3) is 0 Å². The molecule has 4 aromatic rings.